The molecule has 6 heteroatoms. The minimum Gasteiger partial charge on any atom is -0.495 e. The Bertz CT molecular complexity index is 852. The molecule has 24 heavy (non-hydrogen) atoms. The molecule has 0 atom stereocenters. The quantitative estimate of drug-likeness (QED) is 0.686. The van der Waals surface area contributed by atoms with Gasteiger partial charge in [0, 0.05) is 23.7 Å². The van der Waals surface area contributed by atoms with E-state index in [1.54, 1.807) is 44.9 Å². The molecule has 0 saturated heterocycles. The fraction of sp³-hybridized carbons (Fsp3) is 0.222. The Morgan fingerprint density at radius 2 is 1.75 bits per heavy atom. The number of hydrogen-bond donors (Lipinski definition) is 0. The summed E-state index contributed by atoms with van der Waals surface area (Å²) in [4.78, 5) is 8.47. The standard InChI is InChI=1S/C18H18N2O4/c1-4-23-18-9-15-14(8-17(18)22-3)16(5-6-20-15)24-13-7-12(21-2)10-19-11-13/h5-11H,4H2,1-3H3. The highest BCUT2D eigenvalue weighted by molar-refractivity contribution is 5.88. The van der Waals surface area contributed by atoms with E-state index < -0.39 is 0 Å². The van der Waals surface area contributed by atoms with Gasteiger partial charge >= 0.3 is 0 Å². The fourth-order valence-corrected chi connectivity index (χ4v) is 2.34. The molecule has 2 aromatic heterocycles. The van der Waals surface area contributed by atoms with Crippen molar-refractivity contribution in [3.05, 3.63) is 42.9 Å². The zero-order valence-electron chi connectivity index (χ0n) is 13.8. The third kappa shape index (κ3) is 3.17. The van der Waals surface area contributed by atoms with Crippen molar-refractivity contribution in [2.24, 2.45) is 0 Å². The highest BCUT2D eigenvalue weighted by Crippen LogP contribution is 2.37. The van der Waals surface area contributed by atoms with E-state index in [0.717, 1.165) is 10.9 Å². The fourth-order valence-electron chi connectivity index (χ4n) is 2.34. The van der Waals surface area contributed by atoms with Crippen LogP contribution in [-0.2, 0) is 0 Å². The molecule has 0 bridgehead atoms. The number of hydrogen-bond acceptors (Lipinski definition) is 6. The summed E-state index contributed by atoms with van der Waals surface area (Å²) >= 11 is 0. The number of pyridine rings is 2. The van der Waals surface area contributed by atoms with Gasteiger partial charge in [0.05, 0.1) is 38.7 Å². The van der Waals surface area contributed by atoms with Crippen molar-refractivity contribution in [1.82, 2.24) is 9.97 Å². The van der Waals surface area contributed by atoms with E-state index in [2.05, 4.69) is 9.97 Å². The van der Waals surface area contributed by atoms with Crippen LogP contribution in [0.2, 0.25) is 0 Å². The van der Waals surface area contributed by atoms with Crippen LogP contribution in [0.15, 0.2) is 42.9 Å². The number of ether oxygens (including phenoxy) is 4. The summed E-state index contributed by atoms with van der Waals surface area (Å²) in [6.45, 7) is 2.47. The van der Waals surface area contributed by atoms with E-state index in [4.69, 9.17) is 18.9 Å². The highest BCUT2D eigenvalue weighted by atomic mass is 16.5. The van der Waals surface area contributed by atoms with E-state index in [0.29, 0.717) is 35.4 Å². The largest absolute Gasteiger partial charge is 0.495 e. The molecule has 3 aromatic rings. The molecule has 0 aliphatic carbocycles. The van der Waals surface area contributed by atoms with E-state index >= 15 is 0 Å². The molecule has 0 aliphatic heterocycles. The van der Waals surface area contributed by atoms with Crippen LogP contribution < -0.4 is 18.9 Å². The van der Waals surface area contributed by atoms with Gasteiger partial charge in [0.25, 0.3) is 0 Å². The number of fused-ring (bicyclic) bond motifs is 1. The van der Waals surface area contributed by atoms with Crippen LogP contribution in [0, 0.1) is 0 Å². The van der Waals surface area contributed by atoms with Gasteiger partial charge in [-0.2, -0.15) is 0 Å². The van der Waals surface area contributed by atoms with Crippen LogP contribution in [0.4, 0.5) is 0 Å². The zero-order valence-corrected chi connectivity index (χ0v) is 13.8. The normalized spacial score (nSPS) is 10.5. The van der Waals surface area contributed by atoms with Gasteiger partial charge in [0.15, 0.2) is 11.5 Å². The smallest absolute Gasteiger partial charge is 0.163 e. The van der Waals surface area contributed by atoms with Gasteiger partial charge in [-0.25, -0.2) is 0 Å². The summed E-state index contributed by atoms with van der Waals surface area (Å²) in [5, 5.41) is 0.820. The number of methoxy groups -OCH3 is 2. The second-order valence-corrected chi connectivity index (χ2v) is 4.92. The highest BCUT2D eigenvalue weighted by Gasteiger charge is 2.12. The van der Waals surface area contributed by atoms with Gasteiger partial charge < -0.3 is 18.9 Å². The van der Waals surface area contributed by atoms with Gasteiger partial charge in [-0.05, 0) is 19.1 Å². The molecule has 1 aromatic carbocycles. The van der Waals surface area contributed by atoms with Crippen molar-refractivity contribution in [3.63, 3.8) is 0 Å². The maximum Gasteiger partial charge on any atom is 0.163 e. The number of benzene rings is 1. The first-order valence-electron chi connectivity index (χ1n) is 7.51. The average molecular weight is 326 g/mol. The molecule has 2 heterocycles. The Labute approximate surface area is 140 Å². The predicted molar refractivity (Wildman–Crippen MR) is 90.3 cm³/mol. The maximum atomic E-state index is 5.95. The molecule has 124 valence electrons. The summed E-state index contributed by atoms with van der Waals surface area (Å²) in [6, 6.07) is 7.26. The molecule has 0 spiro atoms. The van der Waals surface area contributed by atoms with Crippen LogP contribution in [-0.4, -0.2) is 30.8 Å². The molecule has 3 rings (SSSR count). The van der Waals surface area contributed by atoms with Crippen LogP contribution >= 0.6 is 0 Å². The summed E-state index contributed by atoms with van der Waals surface area (Å²) in [7, 11) is 3.19. The van der Waals surface area contributed by atoms with Crippen LogP contribution in [0.25, 0.3) is 10.9 Å². The lowest BCUT2D eigenvalue weighted by Gasteiger charge is -2.13. The first kappa shape index (κ1) is 15.9. The van der Waals surface area contributed by atoms with Gasteiger partial charge in [-0.1, -0.05) is 0 Å². The van der Waals surface area contributed by atoms with Crippen molar-refractivity contribution in [3.8, 4) is 28.7 Å². The summed E-state index contributed by atoms with van der Waals surface area (Å²) < 4.78 is 22.1. The van der Waals surface area contributed by atoms with Crippen molar-refractivity contribution >= 4 is 10.9 Å². The Hall–Kier alpha value is -3.02. The Kier molecular flexibility index (Phi) is 4.65. The van der Waals surface area contributed by atoms with Gasteiger partial charge in [-0.15, -0.1) is 0 Å². The lowest BCUT2D eigenvalue weighted by atomic mass is 10.2. The van der Waals surface area contributed by atoms with E-state index in [1.165, 1.54) is 0 Å². The molecule has 0 N–H and O–H groups in total. The summed E-state index contributed by atoms with van der Waals surface area (Å²) in [5.74, 6) is 3.14. The second kappa shape index (κ2) is 7.04. The van der Waals surface area contributed by atoms with Crippen molar-refractivity contribution in [2.45, 2.75) is 6.92 Å². The monoisotopic (exact) mass is 326 g/mol. The molecule has 0 radical (unpaired) electrons. The Balaban J connectivity index is 2.04. The zero-order chi connectivity index (χ0) is 16.9. The minimum absolute atomic E-state index is 0.549. The molecular weight excluding hydrogens is 308 g/mol. The molecule has 0 fully saturated rings. The minimum atomic E-state index is 0.549. The molecule has 0 saturated carbocycles. The predicted octanol–water partition coefficient (Wildman–Crippen LogP) is 3.84. The molecule has 6 nitrogen and oxygen atoms in total. The number of aromatic nitrogens is 2. The van der Waals surface area contributed by atoms with Crippen molar-refractivity contribution < 1.29 is 18.9 Å². The van der Waals surface area contributed by atoms with Crippen LogP contribution in [0.3, 0.4) is 0 Å². The Morgan fingerprint density at radius 1 is 0.917 bits per heavy atom. The van der Waals surface area contributed by atoms with Gasteiger partial charge in [0.1, 0.15) is 17.2 Å². The molecule has 0 amide bonds. The van der Waals surface area contributed by atoms with E-state index in [9.17, 15) is 0 Å². The van der Waals surface area contributed by atoms with E-state index in [-0.39, 0.29) is 0 Å². The molecule has 0 unspecified atom stereocenters. The summed E-state index contributed by atoms with van der Waals surface area (Å²) in [5.41, 5.74) is 0.757. The SMILES string of the molecule is CCOc1cc2nccc(Oc3cncc(OC)c3)c2cc1OC. The van der Waals surface area contributed by atoms with Crippen LogP contribution in [0.1, 0.15) is 6.92 Å². The third-order valence-electron chi connectivity index (χ3n) is 3.44. The maximum absolute atomic E-state index is 5.95. The lowest BCUT2D eigenvalue weighted by molar-refractivity contribution is 0.311. The average Bonchev–Trinajstić information content (AvgIpc) is 2.62. The van der Waals surface area contributed by atoms with Gasteiger partial charge in [0.2, 0.25) is 0 Å². The number of rotatable bonds is 6. The van der Waals surface area contributed by atoms with Gasteiger partial charge in [-0.3, -0.25) is 9.97 Å². The van der Waals surface area contributed by atoms with E-state index in [1.807, 2.05) is 19.1 Å². The second-order valence-electron chi connectivity index (χ2n) is 4.92. The first-order chi connectivity index (χ1) is 11.7. The third-order valence-corrected chi connectivity index (χ3v) is 3.44. The molecular formula is C18H18N2O4. The topological polar surface area (TPSA) is 62.7 Å². The lowest BCUT2D eigenvalue weighted by Crippen LogP contribution is -1.97. The van der Waals surface area contributed by atoms with Crippen molar-refractivity contribution in [2.75, 3.05) is 20.8 Å². The van der Waals surface area contributed by atoms with Crippen LogP contribution in [0.5, 0.6) is 28.7 Å². The first-order valence-corrected chi connectivity index (χ1v) is 7.51. The Morgan fingerprint density at radius 3 is 2.50 bits per heavy atom. The molecule has 0 aliphatic rings. The number of nitrogens with zero attached hydrogens (tertiary/aromatic N) is 2. The summed E-state index contributed by atoms with van der Waals surface area (Å²) in [6.07, 6.45) is 4.93. The van der Waals surface area contributed by atoms with Crippen molar-refractivity contribution in [1.29, 1.82) is 0 Å².